The van der Waals surface area contributed by atoms with Crippen molar-refractivity contribution in [3.63, 3.8) is 0 Å². The lowest BCUT2D eigenvalue weighted by molar-refractivity contribution is -0.255. The number of carbonyl (C=O) groups is 1. The first kappa shape index (κ1) is 23.4. The molecule has 1 rings (SSSR count). The molecule has 27 heavy (non-hydrogen) atoms. The minimum Gasteiger partial charge on any atom is -0.287 e. The van der Waals surface area contributed by atoms with Gasteiger partial charge < -0.3 is 0 Å². The Bertz CT molecular complexity index is 954. The van der Waals surface area contributed by atoms with Gasteiger partial charge in [-0.25, -0.2) is 25.4 Å². The molecule has 0 saturated carbocycles. The third kappa shape index (κ3) is 4.12. The summed E-state index contributed by atoms with van der Waals surface area (Å²) in [5, 5.41) is 0. The van der Waals surface area contributed by atoms with E-state index in [1.54, 1.807) is 0 Å². The lowest BCUT2D eigenvalue weighted by Crippen LogP contribution is -2.44. The normalized spacial score (nSPS) is 14.0. The Labute approximate surface area is 152 Å². The molecule has 0 saturated heterocycles. The number of sulfonamides is 2. The van der Waals surface area contributed by atoms with Crippen molar-refractivity contribution in [3.8, 4) is 0 Å². The Morgan fingerprint density at radius 1 is 0.852 bits per heavy atom. The molecule has 0 aliphatic carbocycles. The number of halogens is 5. The van der Waals surface area contributed by atoms with E-state index in [1.165, 1.54) is 0 Å². The summed E-state index contributed by atoms with van der Waals surface area (Å²) in [4.78, 5) is 9.88. The zero-order valence-electron chi connectivity index (χ0n) is 14.4. The topological polar surface area (TPSA) is 91.8 Å². The number of ketones is 1. The fourth-order valence-electron chi connectivity index (χ4n) is 1.78. The van der Waals surface area contributed by atoms with Crippen LogP contribution in [0.1, 0.15) is 10.4 Å². The Balaban J connectivity index is 3.90. The maximum Gasteiger partial charge on any atom is 0.461 e. The maximum atomic E-state index is 13.5. The summed E-state index contributed by atoms with van der Waals surface area (Å²) in [5.74, 6) is -8.81. The van der Waals surface area contributed by atoms with Crippen LogP contribution in [0.2, 0.25) is 0 Å². The monoisotopic (exact) mass is 438 g/mol. The van der Waals surface area contributed by atoms with E-state index in [9.17, 15) is 43.6 Å². The molecular formula is C13H15F5N2O5S2. The standard InChI is InChI=1S/C13H15F5N2O5S2/c1-19(2)26(22,23)8-5-6-10(27(24,25)20(3)4)9(7-8)11(21)12(14,15)13(16,17)18/h5-7H,1-4H3. The predicted octanol–water partition coefficient (Wildman–Crippen LogP) is 1.57. The van der Waals surface area contributed by atoms with Crippen molar-refractivity contribution in [1.29, 1.82) is 0 Å². The van der Waals surface area contributed by atoms with Gasteiger partial charge in [0.25, 0.3) is 0 Å². The van der Waals surface area contributed by atoms with Crippen molar-refractivity contribution in [2.45, 2.75) is 21.9 Å². The van der Waals surface area contributed by atoms with Gasteiger partial charge in [0.15, 0.2) is 0 Å². The molecule has 0 unspecified atom stereocenters. The second-order valence-electron chi connectivity index (χ2n) is 5.63. The van der Waals surface area contributed by atoms with E-state index in [0.29, 0.717) is 20.7 Å². The summed E-state index contributed by atoms with van der Waals surface area (Å²) in [6, 6.07) is 1.37. The van der Waals surface area contributed by atoms with Crippen LogP contribution in [0.5, 0.6) is 0 Å². The van der Waals surface area contributed by atoms with Crippen LogP contribution in [0.15, 0.2) is 28.0 Å². The molecule has 0 bridgehead atoms. The fourth-order valence-corrected chi connectivity index (χ4v) is 3.77. The summed E-state index contributed by atoms with van der Waals surface area (Å²) < 4.78 is 114. The van der Waals surface area contributed by atoms with Crippen LogP contribution in [0.4, 0.5) is 22.0 Å². The molecule has 154 valence electrons. The van der Waals surface area contributed by atoms with E-state index in [0.717, 1.165) is 28.2 Å². The highest BCUT2D eigenvalue weighted by molar-refractivity contribution is 7.89. The Morgan fingerprint density at radius 3 is 1.67 bits per heavy atom. The second kappa shape index (κ2) is 7.07. The van der Waals surface area contributed by atoms with Crippen molar-refractivity contribution in [2.24, 2.45) is 0 Å². The number of benzene rings is 1. The summed E-state index contributed by atoms with van der Waals surface area (Å²) in [6.07, 6.45) is -6.31. The lowest BCUT2D eigenvalue weighted by Gasteiger charge is -2.21. The highest BCUT2D eigenvalue weighted by Crippen LogP contribution is 2.39. The molecule has 0 amide bonds. The number of hydrogen-bond donors (Lipinski definition) is 0. The zero-order chi connectivity index (χ0) is 21.6. The Morgan fingerprint density at radius 2 is 1.30 bits per heavy atom. The van der Waals surface area contributed by atoms with Crippen molar-refractivity contribution >= 4 is 25.8 Å². The minimum atomic E-state index is -6.31. The van der Waals surface area contributed by atoms with Gasteiger partial charge in [0.1, 0.15) is 0 Å². The van der Waals surface area contributed by atoms with Crippen LogP contribution in [0.25, 0.3) is 0 Å². The molecule has 0 aliphatic heterocycles. The van der Waals surface area contributed by atoms with Gasteiger partial charge in [0, 0.05) is 33.8 Å². The molecule has 7 nitrogen and oxygen atoms in total. The van der Waals surface area contributed by atoms with Crippen LogP contribution < -0.4 is 0 Å². The van der Waals surface area contributed by atoms with E-state index in [2.05, 4.69) is 0 Å². The first-order valence-corrected chi connectivity index (χ1v) is 9.75. The van der Waals surface area contributed by atoms with Gasteiger partial charge in [0.2, 0.25) is 25.8 Å². The molecule has 1 aromatic rings. The third-order valence-corrected chi connectivity index (χ3v) is 7.06. The van der Waals surface area contributed by atoms with Gasteiger partial charge in [-0.2, -0.15) is 22.0 Å². The number of Topliss-reactive ketones (excluding diaryl/α,β-unsaturated/α-hetero) is 1. The molecule has 0 aliphatic rings. The van der Waals surface area contributed by atoms with Gasteiger partial charge in [-0.3, -0.25) is 4.79 Å². The van der Waals surface area contributed by atoms with E-state index >= 15 is 0 Å². The summed E-state index contributed by atoms with van der Waals surface area (Å²) >= 11 is 0. The highest BCUT2D eigenvalue weighted by Gasteiger charge is 2.63. The molecule has 0 radical (unpaired) electrons. The van der Waals surface area contributed by atoms with E-state index < -0.39 is 53.3 Å². The van der Waals surface area contributed by atoms with Crippen LogP contribution in [-0.4, -0.2) is 71.5 Å². The van der Waals surface area contributed by atoms with Gasteiger partial charge >= 0.3 is 12.1 Å². The summed E-state index contributed by atoms with van der Waals surface area (Å²) in [5.41, 5.74) is -1.59. The highest BCUT2D eigenvalue weighted by atomic mass is 32.2. The van der Waals surface area contributed by atoms with Crippen molar-refractivity contribution in [1.82, 2.24) is 8.61 Å². The number of carbonyl (C=O) groups excluding carboxylic acids is 1. The molecule has 0 atom stereocenters. The van der Waals surface area contributed by atoms with Gasteiger partial charge in [-0.05, 0) is 18.2 Å². The molecule has 0 spiro atoms. The minimum absolute atomic E-state index is 0.188. The van der Waals surface area contributed by atoms with Crippen molar-refractivity contribution in [3.05, 3.63) is 23.8 Å². The Hall–Kier alpha value is -1.64. The van der Waals surface area contributed by atoms with E-state index in [-0.39, 0.29) is 6.07 Å². The lowest BCUT2D eigenvalue weighted by atomic mass is 10.1. The van der Waals surface area contributed by atoms with Crippen molar-refractivity contribution < 1.29 is 43.6 Å². The quantitative estimate of drug-likeness (QED) is 0.497. The van der Waals surface area contributed by atoms with Gasteiger partial charge in [-0.1, -0.05) is 0 Å². The molecular weight excluding hydrogens is 423 g/mol. The van der Waals surface area contributed by atoms with Crippen molar-refractivity contribution in [2.75, 3.05) is 28.2 Å². The smallest absolute Gasteiger partial charge is 0.287 e. The maximum absolute atomic E-state index is 13.5. The molecule has 0 N–H and O–H groups in total. The largest absolute Gasteiger partial charge is 0.461 e. The van der Waals surface area contributed by atoms with Crippen LogP contribution >= 0.6 is 0 Å². The van der Waals surface area contributed by atoms with Crippen LogP contribution in [-0.2, 0) is 20.0 Å². The predicted molar refractivity (Wildman–Crippen MR) is 83.5 cm³/mol. The second-order valence-corrected chi connectivity index (χ2v) is 9.91. The first-order chi connectivity index (χ1) is 11.9. The number of rotatable bonds is 6. The summed E-state index contributed by atoms with van der Waals surface area (Å²) in [7, 11) is -4.98. The number of alkyl halides is 5. The number of hydrogen-bond acceptors (Lipinski definition) is 5. The van der Waals surface area contributed by atoms with Crippen LogP contribution in [0, 0.1) is 0 Å². The Kier molecular flexibility index (Phi) is 6.13. The zero-order valence-corrected chi connectivity index (χ0v) is 16.0. The van der Waals surface area contributed by atoms with Gasteiger partial charge in [-0.15, -0.1) is 0 Å². The fraction of sp³-hybridized carbons (Fsp3) is 0.462. The SMILES string of the molecule is CN(C)S(=O)(=O)c1ccc(S(=O)(=O)N(C)C)c(C(=O)C(F)(F)C(F)(F)F)c1. The third-order valence-electron chi connectivity index (χ3n) is 3.37. The first-order valence-electron chi connectivity index (χ1n) is 6.87. The molecule has 14 heteroatoms. The number of nitrogens with zero attached hydrogens (tertiary/aromatic N) is 2. The summed E-state index contributed by atoms with van der Waals surface area (Å²) in [6.45, 7) is 0. The van der Waals surface area contributed by atoms with Gasteiger partial charge in [0.05, 0.1) is 9.79 Å². The molecule has 1 aromatic carbocycles. The van der Waals surface area contributed by atoms with Crippen LogP contribution in [0.3, 0.4) is 0 Å². The van der Waals surface area contributed by atoms with E-state index in [1.807, 2.05) is 0 Å². The van der Waals surface area contributed by atoms with E-state index in [4.69, 9.17) is 0 Å². The molecule has 0 heterocycles. The molecule has 0 fully saturated rings. The molecule has 0 aromatic heterocycles. The average molecular weight is 438 g/mol. The average Bonchev–Trinajstić information content (AvgIpc) is 2.51.